The first kappa shape index (κ1) is 19.0. The predicted octanol–water partition coefficient (Wildman–Crippen LogP) is 4.34. The summed E-state index contributed by atoms with van der Waals surface area (Å²) in [6, 6.07) is 17.3. The van der Waals surface area contributed by atoms with Crippen LogP contribution in [0.4, 0.5) is 0 Å². The summed E-state index contributed by atoms with van der Waals surface area (Å²) in [6.07, 6.45) is 5.11. The van der Waals surface area contributed by atoms with Crippen LogP contribution in [0.2, 0.25) is 0 Å². The number of hydrogen-bond donors (Lipinski definition) is 1. The summed E-state index contributed by atoms with van der Waals surface area (Å²) >= 11 is 0. The Hall–Kier alpha value is -3.34. The topological polar surface area (TPSA) is 56.1 Å². The number of hydrogen-bond acceptors (Lipinski definition) is 3. The van der Waals surface area contributed by atoms with E-state index in [1.165, 1.54) is 5.56 Å². The Bertz CT molecular complexity index is 1040. The molecule has 0 aliphatic heterocycles. The lowest BCUT2D eigenvalue weighted by molar-refractivity contribution is 0.0944. The second kappa shape index (κ2) is 7.95. The van der Waals surface area contributed by atoms with Crippen LogP contribution in [0.25, 0.3) is 5.69 Å². The van der Waals surface area contributed by atoms with Crippen LogP contribution in [0.5, 0.6) is 5.75 Å². The highest BCUT2D eigenvalue weighted by Gasteiger charge is 2.27. The summed E-state index contributed by atoms with van der Waals surface area (Å²) in [5.74, 6) is 0.911. The lowest BCUT2D eigenvalue weighted by Crippen LogP contribution is -2.32. The standard InChI is InChI=1S/C24H25N3O2/c1-16-23(17(2)27(26-16)21-7-5-4-6-8-21)19-9-12-20(15-19)25-24(28)18-10-13-22(29-3)14-11-18/h4-14,19-20H,15H2,1-3H3,(H,25,28)/t19-,20-/m1/s1. The van der Waals surface area contributed by atoms with Gasteiger partial charge in [0.15, 0.2) is 0 Å². The van der Waals surface area contributed by atoms with Gasteiger partial charge in [0.2, 0.25) is 0 Å². The van der Waals surface area contributed by atoms with Crippen molar-refractivity contribution >= 4 is 5.91 Å². The molecule has 1 N–H and O–H groups in total. The van der Waals surface area contributed by atoms with Gasteiger partial charge in [-0.1, -0.05) is 30.4 Å². The third kappa shape index (κ3) is 3.81. The highest BCUT2D eigenvalue weighted by atomic mass is 16.5. The van der Waals surface area contributed by atoms with E-state index in [2.05, 4.69) is 43.4 Å². The minimum absolute atomic E-state index is 0.00785. The SMILES string of the molecule is COc1ccc(C(=O)N[C@@H]2C=C[C@@H](c3c(C)nn(-c4ccccc4)c3C)C2)cc1. The zero-order chi connectivity index (χ0) is 20.4. The number of benzene rings is 2. The van der Waals surface area contributed by atoms with E-state index in [1.807, 2.05) is 22.9 Å². The fourth-order valence-corrected chi connectivity index (χ4v) is 4.03. The molecule has 1 aromatic heterocycles. The molecule has 0 unspecified atom stereocenters. The van der Waals surface area contributed by atoms with Crippen LogP contribution >= 0.6 is 0 Å². The molecule has 1 aliphatic carbocycles. The van der Waals surface area contributed by atoms with Crippen LogP contribution < -0.4 is 10.1 Å². The Kier molecular flexibility index (Phi) is 5.21. The molecule has 1 heterocycles. The summed E-state index contributed by atoms with van der Waals surface area (Å²) in [4.78, 5) is 12.6. The number of carbonyl (C=O) groups excluding carboxylic acids is 1. The molecule has 0 spiro atoms. The largest absolute Gasteiger partial charge is 0.497 e. The van der Waals surface area contributed by atoms with Crippen molar-refractivity contribution in [3.8, 4) is 11.4 Å². The van der Waals surface area contributed by atoms with Crippen molar-refractivity contribution in [2.75, 3.05) is 7.11 Å². The minimum Gasteiger partial charge on any atom is -0.497 e. The molecule has 2 atom stereocenters. The van der Waals surface area contributed by atoms with Gasteiger partial charge < -0.3 is 10.1 Å². The van der Waals surface area contributed by atoms with Crippen molar-refractivity contribution in [3.05, 3.63) is 89.3 Å². The number of allylic oxidation sites excluding steroid dienone is 1. The summed E-state index contributed by atoms with van der Waals surface area (Å²) in [7, 11) is 1.61. The molecule has 29 heavy (non-hydrogen) atoms. The second-order valence-electron chi connectivity index (χ2n) is 7.37. The lowest BCUT2D eigenvalue weighted by Gasteiger charge is -2.15. The monoisotopic (exact) mass is 387 g/mol. The molecular formula is C24H25N3O2. The molecule has 5 heteroatoms. The highest BCUT2D eigenvalue weighted by molar-refractivity contribution is 5.94. The number of carbonyl (C=O) groups is 1. The van der Waals surface area contributed by atoms with Crippen LogP contribution in [-0.2, 0) is 0 Å². The number of nitrogens with zero attached hydrogens (tertiary/aromatic N) is 2. The van der Waals surface area contributed by atoms with Crippen LogP contribution in [0.3, 0.4) is 0 Å². The number of methoxy groups -OCH3 is 1. The lowest BCUT2D eigenvalue weighted by atomic mass is 9.96. The van der Waals surface area contributed by atoms with Crippen LogP contribution in [0.15, 0.2) is 66.7 Å². The zero-order valence-corrected chi connectivity index (χ0v) is 16.9. The zero-order valence-electron chi connectivity index (χ0n) is 16.9. The van der Waals surface area contributed by atoms with Gasteiger partial charge in [-0.15, -0.1) is 0 Å². The maximum atomic E-state index is 12.6. The average Bonchev–Trinajstić information content (AvgIpc) is 3.32. The smallest absolute Gasteiger partial charge is 0.251 e. The van der Waals surface area contributed by atoms with Crippen LogP contribution in [0.1, 0.15) is 39.6 Å². The van der Waals surface area contributed by atoms with E-state index in [9.17, 15) is 4.79 Å². The summed E-state index contributed by atoms with van der Waals surface area (Å²) in [6.45, 7) is 4.16. The van der Waals surface area contributed by atoms with Crippen LogP contribution in [-0.4, -0.2) is 28.8 Å². The molecule has 2 aromatic carbocycles. The summed E-state index contributed by atoms with van der Waals surface area (Å²) in [5.41, 5.74) is 5.11. The van der Waals surface area contributed by atoms with Gasteiger partial charge in [-0.3, -0.25) is 4.79 Å². The first-order valence-electron chi connectivity index (χ1n) is 9.81. The molecule has 0 radical (unpaired) electrons. The number of rotatable bonds is 5. The molecule has 0 bridgehead atoms. The molecule has 4 rings (SSSR count). The molecule has 0 fully saturated rings. The van der Waals surface area contributed by atoms with Gasteiger partial charge in [-0.2, -0.15) is 5.10 Å². The molecular weight excluding hydrogens is 362 g/mol. The molecule has 5 nitrogen and oxygen atoms in total. The van der Waals surface area contributed by atoms with Gasteiger partial charge in [0, 0.05) is 28.8 Å². The number of ether oxygens (including phenoxy) is 1. The number of aryl methyl sites for hydroxylation is 1. The fourth-order valence-electron chi connectivity index (χ4n) is 4.03. The van der Waals surface area contributed by atoms with Gasteiger partial charge in [0.1, 0.15) is 5.75 Å². The average molecular weight is 387 g/mol. The number of aromatic nitrogens is 2. The molecule has 0 saturated heterocycles. The Labute approximate surface area is 171 Å². The first-order valence-corrected chi connectivity index (χ1v) is 9.81. The van der Waals surface area contributed by atoms with E-state index in [-0.39, 0.29) is 17.9 Å². The molecule has 0 saturated carbocycles. The molecule has 148 valence electrons. The highest BCUT2D eigenvalue weighted by Crippen LogP contribution is 2.34. The van der Waals surface area contributed by atoms with Crippen molar-refractivity contribution < 1.29 is 9.53 Å². The van der Waals surface area contributed by atoms with Crippen molar-refractivity contribution in [1.29, 1.82) is 0 Å². The van der Waals surface area contributed by atoms with E-state index in [1.54, 1.807) is 31.4 Å². The minimum atomic E-state index is -0.0728. The third-order valence-electron chi connectivity index (χ3n) is 5.47. The van der Waals surface area contributed by atoms with Gasteiger partial charge in [-0.25, -0.2) is 4.68 Å². The fraction of sp³-hybridized carbons (Fsp3) is 0.250. The normalized spacial score (nSPS) is 18.0. The van der Waals surface area contributed by atoms with Gasteiger partial charge >= 0.3 is 0 Å². The molecule has 1 aliphatic rings. The predicted molar refractivity (Wildman–Crippen MR) is 114 cm³/mol. The molecule has 1 amide bonds. The maximum Gasteiger partial charge on any atom is 0.251 e. The summed E-state index contributed by atoms with van der Waals surface area (Å²) < 4.78 is 7.15. The Morgan fingerprint density at radius 1 is 1.07 bits per heavy atom. The Balaban J connectivity index is 1.47. The summed E-state index contributed by atoms with van der Waals surface area (Å²) in [5, 5.41) is 7.87. The third-order valence-corrected chi connectivity index (χ3v) is 5.47. The van der Waals surface area contributed by atoms with E-state index in [4.69, 9.17) is 9.84 Å². The van der Waals surface area contributed by atoms with Crippen molar-refractivity contribution in [2.24, 2.45) is 0 Å². The van der Waals surface area contributed by atoms with Crippen molar-refractivity contribution in [2.45, 2.75) is 32.2 Å². The van der Waals surface area contributed by atoms with Gasteiger partial charge in [-0.05, 0) is 56.7 Å². The number of amides is 1. The van der Waals surface area contributed by atoms with Crippen molar-refractivity contribution in [1.82, 2.24) is 15.1 Å². The van der Waals surface area contributed by atoms with E-state index in [0.717, 1.165) is 29.2 Å². The number of nitrogens with one attached hydrogen (secondary N) is 1. The quantitative estimate of drug-likeness (QED) is 0.663. The van der Waals surface area contributed by atoms with Crippen LogP contribution in [0, 0.1) is 13.8 Å². The van der Waals surface area contributed by atoms with Crippen molar-refractivity contribution in [3.63, 3.8) is 0 Å². The van der Waals surface area contributed by atoms with Gasteiger partial charge in [0.05, 0.1) is 18.5 Å². The Morgan fingerprint density at radius 2 is 1.79 bits per heavy atom. The Morgan fingerprint density at radius 3 is 2.48 bits per heavy atom. The maximum absolute atomic E-state index is 12.6. The second-order valence-corrected chi connectivity index (χ2v) is 7.37. The van der Waals surface area contributed by atoms with Gasteiger partial charge in [0.25, 0.3) is 5.91 Å². The van der Waals surface area contributed by atoms with E-state index < -0.39 is 0 Å². The first-order chi connectivity index (χ1) is 14.1. The molecule has 3 aromatic rings. The van der Waals surface area contributed by atoms with E-state index in [0.29, 0.717) is 5.56 Å². The van der Waals surface area contributed by atoms with E-state index >= 15 is 0 Å². The number of para-hydroxylation sites is 1.